The lowest BCUT2D eigenvalue weighted by Crippen LogP contribution is -2.31. The Morgan fingerprint density at radius 1 is 1.21 bits per heavy atom. The highest BCUT2D eigenvalue weighted by molar-refractivity contribution is 5.16. The minimum atomic E-state index is 0.560. The molecule has 0 aliphatic heterocycles. The monoisotopic (exact) mass is 260 g/mol. The first-order valence-corrected chi connectivity index (χ1v) is 7.90. The molecule has 1 heterocycles. The van der Waals surface area contributed by atoms with Crippen LogP contribution in [0, 0.1) is 5.92 Å². The van der Waals surface area contributed by atoms with E-state index in [2.05, 4.69) is 42.5 Å². The summed E-state index contributed by atoms with van der Waals surface area (Å²) < 4.78 is 0. The molecule has 19 heavy (non-hydrogen) atoms. The predicted molar refractivity (Wildman–Crippen MR) is 81.3 cm³/mol. The van der Waals surface area contributed by atoms with Gasteiger partial charge in [0.1, 0.15) is 0 Å². The Balaban J connectivity index is 2.08. The van der Waals surface area contributed by atoms with Gasteiger partial charge in [-0.25, -0.2) is 0 Å². The van der Waals surface area contributed by atoms with Crippen molar-refractivity contribution in [3.05, 3.63) is 30.1 Å². The third-order valence-corrected chi connectivity index (χ3v) is 4.33. The first-order chi connectivity index (χ1) is 9.27. The smallest absolute Gasteiger partial charge is 0.0303 e. The largest absolute Gasteiger partial charge is 0.314 e. The lowest BCUT2D eigenvalue weighted by atomic mass is 9.82. The summed E-state index contributed by atoms with van der Waals surface area (Å²) in [7, 11) is 0. The molecule has 0 amide bonds. The molecular weight excluding hydrogens is 232 g/mol. The van der Waals surface area contributed by atoms with Crippen LogP contribution in [0.15, 0.2) is 24.5 Å². The van der Waals surface area contributed by atoms with Gasteiger partial charge in [0.15, 0.2) is 0 Å². The topological polar surface area (TPSA) is 24.9 Å². The second-order valence-electron chi connectivity index (χ2n) is 6.21. The molecule has 1 fully saturated rings. The van der Waals surface area contributed by atoms with Crippen LogP contribution in [-0.4, -0.2) is 17.6 Å². The van der Waals surface area contributed by atoms with Crippen LogP contribution in [0.1, 0.15) is 63.9 Å². The molecule has 1 atom stereocenters. The van der Waals surface area contributed by atoms with E-state index in [9.17, 15) is 0 Å². The first-order valence-electron chi connectivity index (χ1n) is 7.90. The van der Waals surface area contributed by atoms with Gasteiger partial charge in [0.05, 0.1) is 0 Å². The normalized spacial score (nSPS) is 19.3. The maximum Gasteiger partial charge on any atom is 0.0303 e. The highest BCUT2D eigenvalue weighted by Crippen LogP contribution is 2.34. The van der Waals surface area contributed by atoms with E-state index < -0.39 is 0 Å². The molecule has 1 unspecified atom stereocenters. The van der Waals surface area contributed by atoms with Gasteiger partial charge >= 0.3 is 0 Å². The van der Waals surface area contributed by atoms with Gasteiger partial charge in [-0.1, -0.05) is 45.6 Å². The van der Waals surface area contributed by atoms with Crippen molar-refractivity contribution in [2.75, 3.05) is 6.54 Å². The van der Waals surface area contributed by atoms with Gasteiger partial charge < -0.3 is 5.32 Å². The number of aromatic nitrogens is 1. The fourth-order valence-corrected chi connectivity index (χ4v) is 3.23. The van der Waals surface area contributed by atoms with E-state index >= 15 is 0 Å². The Kier molecular flexibility index (Phi) is 5.84. The van der Waals surface area contributed by atoms with Gasteiger partial charge in [0, 0.05) is 30.9 Å². The fraction of sp³-hybridized carbons (Fsp3) is 0.706. The molecule has 1 aliphatic rings. The van der Waals surface area contributed by atoms with Crippen molar-refractivity contribution in [3.63, 3.8) is 0 Å². The van der Waals surface area contributed by atoms with Crippen molar-refractivity contribution in [3.8, 4) is 0 Å². The van der Waals surface area contributed by atoms with Crippen molar-refractivity contribution >= 4 is 0 Å². The summed E-state index contributed by atoms with van der Waals surface area (Å²) in [6, 6.07) is 4.89. The van der Waals surface area contributed by atoms with Crippen LogP contribution in [0.25, 0.3) is 0 Å². The van der Waals surface area contributed by atoms with Gasteiger partial charge in [-0.3, -0.25) is 4.98 Å². The number of nitrogens with one attached hydrogen (secondary N) is 1. The molecule has 1 saturated carbocycles. The summed E-state index contributed by atoms with van der Waals surface area (Å²) >= 11 is 0. The molecule has 106 valence electrons. The van der Waals surface area contributed by atoms with Crippen LogP contribution >= 0.6 is 0 Å². The van der Waals surface area contributed by atoms with Crippen molar-refractivity contribution in [1.29, 1.82) is 0 Å². The summed E-state index contributed by atoms with van der Waals surface area (Å²) in [6.45, 7) is 5.55. The highest BCUT2D eigenvalue weighted by atomic mass is 14.9. The zero-order chi connectivity index (χ0) is 13.5. The van der Waals surface area contributed by atoms with Crippen LogP contribution in [0.2, 0.25) is 0 Å². The van der Waals surface area contributed by atoms with Crippen LogP contribution in [-0.2, 0) is 0 Å². The lowest BCUT2D eigenvalue weighted by Gasteiger charge is -2.27. The van der Waals surface area contributed by atoms with E-state index in [0.717, 1.165) is 12.5 Å². The van der Waals surface area contributed by atoms with Gasteiger partial charge in [-0.15, -0.1) is 0 Å². The lowest BCUT2D eigenvalue weighted by molar-refractivity contribution is 0.353. The van der Waals surface area contributed by atoms with Crippen LogP contribution in [0.3, 0.4) is 0 Å². The van der Waals surface area contributed by atoms with E-state index in [1.165, 1.54) is 44.1 Å². The zero-order valence-electron chi connectivity index (χ0n) is 12.4. The van der Waals surface area contributed by atoms with Gasteiger partial charge in [0.25, 0.3) is 0 Å². The predicted octanol–water partition coefficient (Wildman–Crippen LogP) is 4.13. The van der Waals surface area contributed by atoms with Crippen LogP contribution in [0.4, 0.5) is 0 Å². The Labute approximate surface area is 118 Å². The minimum absolute atomic E-state index is 0.560. The molecule has 2 rings (SSSR count). The van der Waals surface area contributed by atoms with Gasteiger partial charge in [-0.2, -0.15) is 0 Å². The average Bonchev–Trinajstić information content (AvgIpc) is 2.69. The molecule has 1 aromatic heterocycles. The van der Waals surface area contributed by atoms with Gasteiger partial charge in [0.2, 0.25) is 0 Å². The van der Waals surface area contributed by atoms with E-state index in [0.29, 0.717) is 12.0 Å². The Morgan fingerprint density at radius 2 is 1.95 bits per heavy atom. The molecular formula is C17H28N2. The zero-order valence-corrected chi connectivity index (χ0v) is 12.4. The Hall–Kier alpha value is -0.890. The summed E-state index contributed by atoms with van der Waals surface area (Å²) in [6.07, 6.45) is 12.4. The molecule has 0 aromatic carbocycles. The molecule has 2 nitrogen and oxygen atoms in total. The van der Waals surface area contributed by atoms with E-state index in [1.807, 2.05) is 6.20 Å². The molecule has 1 aliphatic carbocycles. The molecule has 0 spiro atoms. The summed E-state index contributed by atoms with van der Waals surface area (Å²) in [5.41, 5.74) is 1.42. The van der Waals surface area contributed by atoms with E-state index in [1.54, 1.807) is 0 Å². The van der Waals surface area contributed by atoms with Gasteiger partial charge in [-0.05, 0) is 30.4 Å². The van der Waals surface area contributed by atoms with E-state index in [-0.39, 0.29) is 0 Å². The van der Waals surface area contributed by atoms with Crippen molar-refractivity contribution < 1.29 is 0 Å². The van der Waals surface area contributed by atoms with Crippen molar-refractivity contribution in [2.45, 2.75) is 64.3 Å². The van der Waals surface area contributed by atoms with Crippen molar-refractivity contribution in [1.82, 2.24) is 10.3 Å². The van der Waals surface area contributed by atoms with Crippen LogP contribution in [0.5, 0.6) is 0 Å². The summed E-state index contributed by atoms with van der Waals surface area (Å²) in [5, 5.41) is 3.63. The molecule has 0 radical (unpaired) electrons. The molecule has 0 saturated heterocycles. The average molecular weight is 260 g/mol. The minimum Gasteiger partial charge on any atom is -0.314 e. The third-order valence-electron chi connectivity index (χ3n) is 4.33. The number of hydrogen-bond acceptors (Lipinski definition) is 2. The third kappa shape index (κ3) is 4.61. The van der Waals surface area contributed by atoms with Crippen molar-refractivity contribution in [2.24, 2.45) is 5.92 Å². The van der Waals surface area contributed by atoms with Crippen LogP contribution < -0.4 is 5.32 Å². The second-order valence-corrected chi connectivity index (χ2v) is 6.21. The first kappa shape index (κ1) is 14.5. The quantitative estimate of drug-likeness (QED) is 0.805. The molecule has 1 aromatic rings. The van der Waals surface area contributed by atoms with E-state index in [4.69, 9.17) is 0 Å². The standard InChI is InChI=1S/C17H28N2/c1-14(2)19-13-17(16-10-7-11-18-12-16)15-8-5-3-4-6-9-15/h7,10-12,14-15,17,19H,3-6,8-9,13H2,1-2H3. The Bertz CT molecular complexity index is 340. The fourth-order valence-electron chi connectivity index (χ4n) is 3.23. The number of rotatable bonds is 5. The maximum absolute atomic E-state index is 4.32. The molecule has 1 N–H and O–H groups in total. The number of nitrogens with zero attached hydrogens (tertiary/aromatic N) is 1. The summed E-state index contributed by atoms with van der Waals surface area (Å²) in [5.74, 6) is 1.46. The second kappa shape index (κ2) is 7.64. The molecule has 2 heteroatoms. The Morgan fingerprint density at radius 3 is 2.53 bits per heavy atom. The maximum atomic E-state index is 4.32. The molecule has 0 bridgehead atoms. The summed E-state index contributed by atoms with van der Waals surface area (Å²) in [4.78, 5) is 4.32. The number of hydrogen-bond donors (Lipinski definition) is 1. The number of pyridine rings is 1. The highest BCUT2D eigenvalue weighted by Gasteiger charge is 2.24. The SMILES string of the molecule is CC(C)NCC(c1cccnc1)C1CCCCCC1.